The monoisotopic (exact) mass is 294 g/mol. The molecule has 1 unspecified atom stereocenters. The summed E-state index contributed by atoms with van der Waals surface area (Å²) in [5.41, 5.74) is 0. The molecule has 2 rings (SSSR count). The maximum atomic E-state index is 12.5. The number of nitrogens with zero attached hydrogens (tertiary/aromatic N) is 2. The summed E-state index contributed by atoms with van der Waals surface area (Å²) >= 11 is 1.83. The fourth-order valence-corrected chi connectivity index (χ4v) is 5.41. The molecule has 2 aliphatic heterocycles. The number of ether oxygens (including phenoxy) is 1. The lowest BCUT2D eigenvalue weighted by Crippen LogP contribution is -2.50. The highest BCUT2D eigenvalue weighted by molar-refractivity contribution is 7.99. The summed E-state index contributed by atoms with van der Waals surface area (Å²) in [6, 6.07) is 0. The Hall–Kier alpha value is 0.180. The first kappa shape index (κ1) is 14.6. The summed E-state index contributed by atoms with van der Waals surface area (Å²) in [5, 5.41) is 0. The van der Waals surface area contributed by atoms with Crippen LogP contribution in [-0.2, 0) is 14.9 Å². The van der Waals surface area contributed by atoms with Crippen LogP contribution in [0.5, 0.6) is 0 Å². The molecule has 106 valence electrons. The first-order chi connectivity index (χ1) is 8.64. The Bertz CT molecular complexity index is 353. The number of thioether (sulfide) groups is 1. The molecule has 0 aliphatic carbocycles. The zero-order valence-electron chi connectivity index (χ0n) is 10.9. The van der Waals surface area contributed by atoms with E-state index in [9.17, 15) is 8.42 Å². The molecular formula is C11H22N2O3S2. The van der Waals surface area contributed by atoms with E-state index in [2.05, 4.69) is 0 Å². The molecule has 2 saturated heterocycles. The maximum absolute atomic E-state index is 12.5. The Morgan fingerprint density at radius 2 is 1.94 bits per heavy atom. The first-order valence-electron chi connectivity index (χ1n) is 6.46. The molecule has 0 spiro atoms. The Labute approximate surface area is 114 Å². The van der Waals surface area contributed by atoms with E-state index in [0.717, 1.165) is 24.3 Å². The predicted molar refractivity (Wildman–Crippen MR) is 74.0 cm³/mol. The van der Waals surface area contributed by atoms with Crippen LogP contribution in [0.4, 0.5) is 0 Å². The van der Waals surface area contributed by atoms with Gasteiger partial charge in [0.1, 0.15) is 0 Å². The van der Waals surface area contributed by atoms with Crippen molar-refractivity contribution in [3.63, 3.8) is 0 Å². The average Bonchev–Trinajstić information content (AvgIpc) is 2.40. The van der Waals surface area contributed by atoms with Crippen LogP contribution in [0.15, 0.2) is 0 Å². The van der Waals surface area contributed by atoms with E-state index in [0.29, 0.717) is 38.7 Å². The average molecular weight is 294 g/mol. The Morgan fingerprint density at radius 1 is 1.22 bits per heavy atom. The zero-order chi connectivity index (χ0) is 13.0. The van der Waals surface area contributed by atoms with E-state index in [1.54, 1.807) is 15.7 Å². The second-order valence-corrected chi connectivity index (χ2v) is 7.99. The van der Waals surface area contributed by atoms with Gasteiger partial charge in [0.25, 0.3) is 10.2 Å². The largest absolute Gasteiger partial charge is 0.384 e. The van der Waals surface area contributed by atoms with Gasteiger partial charge in [-0.2, -0.15) is 28.8 Å². The molecule has 0 amide bonds. The third-order valence-electron chi connectivity index (χ3n) is 3.51. The van der Waals surface area contributed by atoms with Gasteiger partial charge >= 0.3 is 0 Å². The van der Waals surface area contributed by atoms with Crippen LogP contribution in [0.25, 0.3) is 0 Å². The lowest BCUT2D eigenvalue weighted by molar-refractivity contribution is 0.116. The van der Waals surface area contributed by atoms with Crippen LogP contribution >= 0.6 is 11.8 Å². The minimum atomic E-state index is -3.24. The molecule has 0 aromatic carbocycles. The highest BCUT2D eigenvalue weighted by Crippen LogP contribution is 2.23. The molecule has 2 heterocycles. The fraction of sp³-hybridized carbons (Fsp3) is 1.00. The summed E-state index contributed by atoms with van der Waals surface area (Å²) in [4.78, 5) is 0. The number of rotatable bonds is 4. The molecule has 0 radical (unpaired) electrons. The number of hydrogen-bond acceptors (Lipinski definition) is 4. The van der Waals surface area contributed by atoms with Crippen molar-refractivity contribution >= 4 is 22.0 Å². The quantitative estimate of drug-likeness (QED) is 0.763. The van der Waals surface area contributed by atoms with Gasteiger partial charge in [-0.15, -0.1) is 0 Å². The molecule has 7 heteroatoms. The van der Waals surface area contributed by atoms with E-state index in [-0.39, 0.29) is 0 Å². The van der Waals surface area contributed by atoms with Crippen LogP contribution in [0.1, 0.15) is 12.8 Å². The number of hydrogen-bond donors (Lipinski definition) is 0. The van der Waals surface area contributed by atoms with Crippen LogP contribution in [0.2, 0.25) is 0 Å². The van der Waals surface area contributed by atoms with Crippen molar-refractivity contribution in [1.82, 2.24) is 8.61 Å². The minimum Gasteiger partial charge on any atom is -0.384 e. The molecular weight excluding hydrogens is 272 g/mol. The lowest BCUT2D eigenvalue weighted by Gasteiger charge is -2.36. The summed E-state index contributed by atoms with van der Waals surface area (Å²) in [6.07, 6.45) is 2.01. The van der Waals surface area contributed by atoms with E-state index in [1.165, 1.54) is 0 Å². The van der Waals surface area contributed by atoms with Crippen molar-refractivity contribution in [3.8, 4) is 0 Å². The summed E-state index contributed by atoms with van der Waals surface area (Å²) in [6.45, 7) is 3.23. The molecule has 0 aromatic rings. The van der Waals surface area contributed by atoms with Crippen molar-refractivity contribution in [1.29, 1.82) is 0 Å². The minimum absolute atomic E-state index is 0.345. The molecule has 5 nitrogen and oxygen atoms in total. The van der Waals surface area contributed by atoms with Crippen molar-refractivity contribution < 1.29 is 13.2 Å². The highest BCUT2D eigenvalue weighted by Gasteiger charge is 2.34. The van der Waals surface area contributed by atoms with Gasteiger partial charge in [0.2, 0.25) is 0 Å². The van der Waals surface area contributed by atoms with Gasteiger partial charge < -0.3 is 4.74 Å². The third-order valence-corrected chi connectivity index (χ3v) is 6.45. The van der Waals surface area contributed by atoms with Gasteiger partial charge in [0, 0.05) is 44.8 Å². The molecule has 2 fully saturated rings. The first-order valence-corrected chi connectivity index (χ1v) is 9.01. The van der Waals surface area contributed by atoms with Gasteiger partial charge in [-0.05, 0) is 18.8 Å². The van der Waals surface area contributed by atoms with E-state index in [1.807, 2.05) is 11.8 Å². The molecule has 0 aromatic heterocycles. The smallest absolute Gasteiger partial charge is 0.282 e. The summed E-state index contributed by atoms with van der Waals surface area (Å²) in [7, 11) is -1.56. The van der Waals surface area contributed by atoms with Gasteiger partial charge in [0.15, 0.2) is 0 Å². The van der Waals surface area contributed by atoms with E-state index < -0.39 is 10.2 Å². The van der Waals surface area contributed by atoms with Crippen molar-refractivity contribution in [3.05, 3.63) is 0 Å². The molecule has 0 bridgehead atoms. The SMILES string of the molecule is COCC1CCCN(S(=O)(=O)N2CCSCC2)C1. The van der Waals surface area contributed by atoms with Crippen molar-refractivity contribution in [2.24, 2.45) is 5.92 Å². The lowest BCUT2D eigenvalue weighted by atomic mass is 10.0. The van der Waals surface area contributed by atoms with Crippen molar-refractivity contribution in [2.45, 2.75) is 12.8 Å². The second-order valence-electron chi connectivity index (χ2n) is 4.84. The van der Waals surface area contributed by atoms with Crippen molar-refractivity contribution in [2.75, 3.05) is 51.4 Å². The Kier molecular flexibility index (Phi) is 5.32. The Balaban J connectivity index is 1.99. The van der Waals surface area contributed by atoms with Crippen LogP contribution in [-0.4, -0.2) is 68.4 Å². The summed E-state index contributed by atoms with van der Waals surface area (Å²) in [5.74, 6) is 2.17. The van der Waals surface area contributed by atoms with Gasteiger partial charge in [-0.3, -0.25) is 0 Å². The molecule has 0 N–H and O–H groups in total. The van der Waals surface area contributed by atoms with Gasteiger partial charge in [0.05, 0.1) is 6.61 Å². The molecule has 0 saturated carbocycles. The van der Waals surface area contributed by atoms with Crippen LogP contribution < -0.4 is 0 Å². The molecule has 2 aliphatic rings. The zero-order valence-corrected chi connectivity index (χ0v) is 12.5. The van der Waals surface area contributed by atoms with E-state index in [4.69, 9.17) is 4.74 Å². The van der Waals surface area contributed by atoms with E-state index >= 15 is 0 Å². The normalized spacial score (nSPS) is 28.4. The highest BCUT2D eigenvalue weighted by atomic mass is 32.2. The number of methoxy groups -OCH3 is 1. The molecule has 1 atom stereocenters. The van der Waals surface area contributed by atoms with Gasteiger partial charge in [-0.25, -0.2) is 0 Å². The number of piperidine rings is 1. The van der Waals surface area contributed by atoms with Crippen LogP contribution in [0, 0.1) is 5.92 Å². The third kappa shape index (κ3) is 3.39. The topological polar surface area (TPSA) is 49.9 Å². The Morgan fingerprint density at radius 3 is 2.61 bits per heavy atom. The maximum Gasteiger partial charge on any atom is 0.282 e. The predicted octanol–water partition coefficient (Wildman–Crippen LogP) is 0.638. The summed E-state index contributed by atoms with van der Waals surface area (Å²) < 4.78 is 33.4. The van der Waals surface area contributed by atoms with Gasteiger partial charge in [-0.1, -0.05) is 0 Å². The van der Waals surface area contributed by atoms with Crippen LogP contribution in [0.3, 0.4) is 0 Å². The fourth-order valence-electron chi connectivity index (χ4n) is 2.55. The molecule has 18 heavy (non-hydrogen) atoms. The standard InChI is InChI=1S/C11H22N2O3S2/c1-16-10-11-3-2-4-13(9-11)18(14,15)12-5-7-17-8-6-12/h11H,2-10H2,1H3. The second kappa shape index (κ2) is 6.56.